The van der Waals surface area contributed by atoms with Crippen molar-refractivity contribution in [1.29, 1.82) is 0 Å². The number of carbonyl (C=O) groups is 1. The highest BCUT2D eigenvalue weighted by atomic mass is 32.1. The van der Waals surface area contributed by atoms with Gasteiger partial charge in [-0.1, -0.05) is 18.2 Å². The number of halogens is 2. The number of amides is 1. The van der Waals surface area contributed by atoms with Gasteiger partial charge in [-0.25, -0.2) is 13.8 Å². The molecule has 0 atom stereocenters. The largest absolute Gasteiger partial charge is 0.488 e. The summed E-state index contributed by atoms with van der Waals surface area (Å²) in [4.78, 5) is 16.3. The maximum Gasteiger partial charge on any atom is 0.271 e. The van der Waals surface area contributed by atoms with Gasteiger partial charge in [-0.3, -0.25) is 4.79 Å². The summed E-state index contributed by atoms with van der Waals surface area (Å²) in [7, 11) is 0. The molecule has 2 aromatic carbocycles. The lowest BCUT2D eigenvalue weighted by Crippen LogP contribution is -2.23. The number of benzene rings is 2. The van der Waals surface area contributed by atoms with Crippen LogP contribution >= 0.6 is 11.3 Å². The molecule has 0 aliphatic carbocycles. The number of hydrogen-bond acceptors (Lipinski definition) is 4. The molecule has 0 saturated carbocycles. The Morgan fingerprint density at radius 3 is 2.89 bits per heavy atom. The second-order valence-corrected chi connectivity index (χ2v) is 6.42. The third-order valence-corrected chi connectivity index (χ3v) is 4.53. The van der Waals surface area contributed by atoms with Crippen molar-refractivity contribution in [3.05, 3.63) is 83.4 Å². The first-order chi connectivity index (χ1) is 13.1. The SMILES string of the molecule is C=CCNC(=O)c1csc(-c2ccccc2OCc2cc(F)ccc2F)n1. The molecule has 0 saturated heterocycles. The van der Waals surface area contributed by atoms with Gasteiger partial charge in [-0.15, -0.1) is 17.9 Å². The molecule has 4 nitrogen and oxygen atoms in total. The molecule has 0 fully saturated rings. The number of aromatic nitrogens is 1. The number of ether oxygens (including phenoxy) is 1. The van der Waals surface area contributed by atoms with E-state index in [4.69, 9.17) is 4.74 Å². The molecule has 7 heteroatoms. The van der Waals surface area contributed by atoms with Crippen LogP contribution in [0.5, 0.6) is 5.75 Å². The second-order valence-electron chi connectivity index (χ2n) is 5.56. The second kappa shape index (κ2) is 8.55. The minimum atomic E-state index is -0.538. The maximum absolute atomic E-state index is 13.8. The summed E-state index contributed by atoms with van der Waals surface area (Å²) in [6.45, 7) is 3.77. The van der Waals surface area contributed by atoms with Crippen molar-refractivity contribution < 1.29 is 18.3 Å². The zero-order valence-corrected chi connectivity index (χ0v) is 15.1. The van der Waals surface area contributed by atoms with Gasteiger partial charge < -0.3 is 10.1 Å². The summed E-state index contributed by atoms with van der Waals surface area (Å²) in [5.74, 6) is -0.895. The van der Waals surface area contributed by atoms with Crippen molar-refractivity contribution in [3.63, 3.8) is 0 Å². The van der Waals surface area contributed by atoms with Crippen LogP contribution in [0.15, 0.2) is 60.5 Å². The van der Waals surface area contributed by atoms with Crippen molar-refractivity contribution in [3.8, 4) is 16.3 Å². The Balaban J connectivity index is 1.80. The monoisotopic (exact) mass is 386 g/mol. The van der Waals surface area contributed by atoms with Crippen LogP contribution in [0.4, 0.5) is 8.78 Å². The third-order valence-electron chi connectivity index (χ3n) is 3.65. The molecule has 0 radical (unpaired) electrons. The van der Waals surface area contributed by atoms with Gasteiger partial charge in [0.05, 0.1) is 5.56 Å². The summed E-state index contributed by atoms with van der Waals surface area (Å²) >= 11 is 1.29. The lowest BCUT2D eigenvalue weighted by Gasteiger charge is -2.10. The van der Waals surface area contributed by atoms with E-state index < -0.39 is 11.6 Å². The third kappa shape index (κ3) is 4.57. The van der Waals surface area contributed by atoms with Crippen molar-refractivity contribution >= 4 is 17.2 Å². The van der Waals surface area contributed by atoms with Crippen LogP contribution in [0.3, 0.4) is 0 Å². The number of nitrogens with zero attached hydrogens (tertiary/aromatic N) is 1. The highest BCUT2D eigenvalue weighted by Crippen LogP contribution is 2.32. The lowest BCUT2D eigenvalue weighted by atomic mass is 10.2. The van der Waals surface area contributed by atoms with E-state index in [-0.39, 0.29) is 18.1 Å². The van der Waals surface area contributed by atoms with Crippen LogP contribution < -0.4 is 10.1 Å². The molecule has 3 aromatic rings. The smallest absolute Gasteiger partial charge is 0.271 e. The van der Waals surface area contributed by atoms with Crippen molar-refractivity contribution in [2.24, 2.45) is 0 Å². The van der Waals surface area contributed by atoms with Crippen LogP contribution in [0, 0.1) is 11.6 Å². The number of carbonyl (C=O) groups excluding carboxylic acids is 1. The molecule has 138 valence electrons. The van der Waals surface area contributed by atoms with Gasteiger partial charge in [-0.2, -0.15) is 0 Å². The van der Waals surface area contributed by atoms with E-state index >= 15 is 0 Å². The quantitative estimate of drug-likeness (QED) is 0.605. The summed E-state index contributed by atoms with van der Waals surface area (Å²) in [6, 6.07) is 10.3. The summed E-state index contributed by atoms with van der Waals surface area (Å²) in [5, 5.41) is 4.91. The first-order valence-corrected chi connectivity index (χ1v) is 8.97. The fraction of sp³-hybridized carbons (Fsp3) is 0.100. The molecule has 1 N–H and O–H groups in total. The number of rotatable bonds is 7. The molecule has 1 heterocycles. The van der Waals surface area contributed by atoms with Gasteiger partial charge in [0.2, 0.25) is 0 Å². The fourth-order valence-electron chi connectivity index (χ4n) is 2.34. The molecular weight excluding hydrogens is 370 g/mol. The first kappa shape index (κ1) is 18.7. The molecule has 3 rings (SSSR count). The average molecular weight is 386 g/mol. The van der Waals surface area contributed by atoms with Crippen molar-refractivity contribution in [1.82, 2.24) is 10.3 Å². The minimum absolute atomic E-state index is 0.119. The molecule has 0 bridgehead atoms. The Bertz CT molecular complexity index is 972. The van der Waals surface area contributed by atoms with E-state index in [0.29, 0.717) is 28.6 Å². The molecule has 0 aliphatic heterocycles. The van der Waals surface area contributed by atoms with Crippen LogP contribution in [0.2, 0.25) is 0 Å². The predicted molar refractivity (Wildman–Crippen MR) is 101 cm³/mol. The highest BCUT2D eigenvalue weighted by Gasteiger charge is 2.15. The summed E-state index contributed by atoms with van der Waals surface area (Å²) < 4.78 is 32.8. The Morgan fingerprint density at radius 2 is 2.07 bits per heavy atom. The molecule has 0 aliphatic rings. The number of thiazole rings is 1. The fourth-order valence-corrected chi connectivity index (χ4v) is 3.17. The highest BCUT2D eigenvalue weighted by molar-refractivity contribution is 7.13. The Morgan fingerprint density at radius 1 is 1.26 bits per heavy atom. The van der Waals surface area contributed by atoms with Crippen molar-refractivity contribution in [2.75, 3.05) is 6.54 Å². The molecule has 1 aromatic heterocycles. The number of nitrogens with one attached hydrogen (secondary N) is 1. The van der Waals surface area contributed by atoms with Crippen LogP contribution in [0.1, 0.15) is 16.1 Å². The number of hydrogen-bond donors (Lipinski definition) is 1. The summed E-state index contributed by atoms with van der Waals surface area (Å²) in [6.07, 6.45) is 1.58. The Labute approximate surface area is 159 Å². The van der Waals surface area contributed by atoms with E-state index in [2.05, 4.69) is 16.9 Å². The van der Waals surface area contributed by atoms with Gasteiger partial charge in [0.25, 0.3) is 5.91 Å². The van der Waals surface area contributed by atoms with Crippen LogP contribution in [-0.2, 0) is 6.61 Å². The van der Waals surface area contributed by atoms with Gasteiger partial charge in [-0.05, 0) is 30.3 Å². The van der Waals surface area contributed by atoms with E-state index in [0.717, 1.165) is 18.2 Å². The van der Waals surface area contributed by atoms with Gasteiger partial charge in [0.1, 0.15) is 34.7 Å². The molecule has 0 unspecified atom stereocenters. The van der Waals surface area contributed by atoms with Gasteiger partial charge in [0.15, 0.2) is 0 Å². The number of para-hydroxylation sites is 1. The molecule has 27 heavy (non-hydrogen) atoms. The van der Waals surface area contributed by atoms with E-state index in [1.165, 1.54) is 11.3 Å². The molecular formula is C20H16F2N2O2S. The Kier molecular flexibility index (Phi) is 5.93. The minimum Gasteiger partial charge on any atom is -0.488 e. The predicted octanol–water partition coefficient (Wildman–Crippen LogP) is 4.58. The zero-order valence-electron chi connectivity index (χ0n) is 14.2. The van der Waals surface area contributed by atoms with Gasteiger partial charge in [0, 0.05) is 17.5 Å². The summed E-state index contributed by atoms with van der Waals surface area (Å²) in [5.41, 5.74) is 1.08. The van der Waals surface area contributed by atoms with Crippen LogP contribution in [-0.4, -0.2) is 17.4 Å². The normalized spacial score (nSPS) is 10.4. The average Bonchev–Trinajstić information content (AvgIpc) is 3.17. The molecule has 1 amide bonds. The standard InChI is InChI=1S/C20H16F2N2O2S/c1-2-9-23-19(25)17-12-27-20(24-17)15-5-3-4-6-18(15)26-11-13-10-14(21)7-8-16(13)22/h2-8,10,12H,1,9,11H2,(H,23,25). The first-order valence-electron chi connectivity index (χ1n) is 8.09. The van der Waals surface area contributed by atoms with E-state index in [1.54, 1.807) is 29.7 Å². The molecule has 0 spiro atoms. The zero-order chi connectivity index (χ0) is 19.2. The van der Waals surface area contributed by atoms with E-state index in [9.17, 15) is 13.6 Å². The van der Waals surface area contributed by atoms with Gasteiger partial charge >= 0.3 is 0 Å². The Hall–Kier alpha value is -3.06. The van der Waals surface area contributed by atoms with Crippen molar-refractivity contribution in [2.45, 2.75) is 6.61 Å². The lowest BCUT2D eigenvalue weighted by molar-refractivity contribution is 0.0954. The van der Waals surface area contributed by atoms with E-state index in [1.807, 2.05) is 6.07 Å². The topological polar surface area (TPSA) is 51.2 Å². The van der Waals surface area contributed by atoms with Crippen LogP contribution in [0.25, 0.3) is 10.6 Å². The maximum atomic E-state index is 13.8.